The number of hydrogen-bond donors (Lipinski definition) is 2. The van der Waals surface area contributed by atoms with Gasteiger partial charge in [0.15, 0.2) is 11.5 Å². The summed E-state index contributed by atoms with van der Waals surface area (Å²) in [7, 11) is 0. The summed E-state index contributed by atoms with van der Waals surface area (Å²) >= 11 is 0. The highest BCUT2D eigenvalue weighted by atomic mass is 16.7. The topological polar surface area (TPSA) is 69.4 Å². The molecule has 0 spiro atoms. The van der Waals surface area contributed by atoms with Gasteiger partial charge < -0.3 is 20.5 Å². The summed E-state index contributed by atoms with van der Waals surface area (Å²) in [6.07, 6.45) is 3.75. The summed E-state index contributed by atoms with van der Waals surface area (Å²) in [5.41, 5.74) is 5.65. The lowest BCUT2D eigenvalue weighted by molar-refractivity contribution is 0.174. The number of anilines is 1. The second-order valence-corrected chi connectivity index (χ2v) is 4.91. The van der Waals surface area contributed by atoms with Crippen LogP contribution in [0.5, 0.6) is 11.5 Å². The Morgan fingerprint density at radius 3 is 2.90 bits per heavy atom. The normalized spacial score (nSPS) is 14.5. The maximum atomic E-state index is 5.65. The van der Waals surface area contributed by atoms with Crippen molar-refractivity contribution in [2.75, 3.05) is 18.7 Å². The molecule has 0 saturated carbocycles. The van der Waals surface area contributed by atoms with Gasteiger partial charge in [0.05, 0.1) is 0 Å². The van der Waals surface area contributed by atoms with E-state index in [1.54, 1.807) is 0 Å². The van der Waals surface area contributed by atoms with E-state index in [1.165, 1.54) is 0 Å². The highest BCUT2D eigenvalue weighted by molar-refractivity contribution is 5.94. The van der Waals surface area contributed by atoms with Crippen LogP contribution >= 0.6 is 0 Å². The fourth-order valence-corrected chi connectivity index (χ4v) is 2.45. The van der Waals surface area contributed by atoms with Crippen molar-refractivity contribution in [3.8, 4) is 11.5 Å². The van der Waals surface area contributed by atoms with Gasteiger partial charge in [0.2, 0.25) is 6.79 Å². The molecule has 0 radical (unpaired) electrons. The Morgan fingerprint density at radius 2 is 2.15 bits per heavy atom. The number of hydrogen-bond acceptors (Lipinski definition) is 5. The van der Waals surface area contributed by atoms with Crippen molar-refractivity contribution < 1.29 is 9.47 Å². The van der Waals surface area contributed by atoms with Gasteiger partial charge in [0.25, 0.3) is 0 Å². The quantitative estimate of drug-likeness (QED) is 0.876. The van der Waals surface area contributed by atoms with Crippen LogP contribution in [0.25, 0.3) is 10.8 Å². The smallest absolute Gasteiger partial charge is 0.231 e. The molecule has 0 bridgehead atoms. The predicted molar refractivity (Wildman–Crippen MR) is 79.2 cm³/mol. The maximum Gasteiger partial charge on any atom is 0.231 e. The van der Waals surface area contributed by atoms with Crippen LogP contribution in [0.4, 0.5) is 5.82 Å². The first kappa shape index (κ1) is 13.0. The maximum absolute atomic E-state index is 5.65. The molecule has 3 rings (SSSR count). The number of aromatic nitrogens is 1. The van der Waals surface area contributed by atoms with Crippen molar-refractivity contribution in [1.82, 2.24) is 4.98 Å². The van der Waals surface area contributed by atoms with Gasteiger partial charge in [-0.3, -0.25) is 0 Å². The molecule has 0 aliphatic carbocycles. The molecule has 1 aromatic heterocycles. The van der Waals surface area contributed by atoms with Gasteiger partial charge in [-0.2, -0.15) is 0 Å². The molecule has 0 amide bonds. The molecule has 2 heterocycles. The molecule has 1 unspecified atom stereocenters. The van der Waals surface area contributed by atoms with Crippen LogP contribution in [0.2, 0.25) is 0 Å². The molecule has 1 aliphatic heterocycles. The highest BCUT2D eigenvalue weighted by Gasteiger charge is 2.16. The number of rotatable bonds is 5. The van der Waals surface area contributed by atoms with E-state index in [1.807, 2.05) is 24.4 Å². The molecule has 3 N–H and O–H groups in total. The fourth-order valence-electron chi connectivity index (χ4n) is 2.45. The Kier molecular flexibility index (Phi) is 3.60. The molecular formula is C15H19N3O2. The van der Waals surface area contributed by atoms with Crippen LogP contribution in [0, 0.1) is 0 Å². The second kappa shape index (κ2) is 5.54. The second-order valence-electron chi connectivity index (χ2n) is 4.91. The highest BCUT2D eigenvalue weighted by Crippen LogP contribution is 2.37. The van der Waals surface area contributed by atoms with E-state index >= 15 is 0 Å². The third-order valence-corrected chi connectivity index (χ3v) is 3.61. The molecule has 106 valence electrons. The first-order valence-electron chi connectivity index (χ1n) is 6.96. The van der Waals surface area contributed by atoms with Crippen LogP contribution in [0.15, 0.2) is 24.4 Å². The van der Waals surface area contributed by atoms with Gasteiger partial charge >= 0.3 is 0 Å². The largest absolute Gasteiger partial charge is 0.454 e. The Balaban J connectivity index is 1.98. The summed E-state index contributed by atoms with van der Waals surface area (Å²) in [6.45, 7) is 3.10. The van der Waals surface area contributed by atoms with Crippen LogP contribution in [0.3, 0.4) is 0 Å². The molecule has 5 nitrogen and oxygen atoms in total. The summed E-state index contributed by atoms with van der Waals surface area (Å²) in [5.74, 6) is 2.45. The molecule has 0 saturated heterocycles. The SMILES string of the molecule is CCC(CCN)Nc1nccc2cc3c(cc12)OCO3. The number of pyridine rings is 1. The third-order valence-electron chi connectivity index (χ3n) is 3.61. The van der Waals surface area contributed by atoms with Gasteiger partial charge in [-0.25, -0.2) is 4.98 Å². The van der Waals surface area contributed by atoms with Gasteiger partial charge in [0.1, 0.15) is 5.82 Å². The van der Waals surface area contributed by atoms with Gasteiger partial charge in [-0.15, -0.1) is 0 Å². The van der Waals surface area contributed by atoms with Crippen LogP contribution < -0.4 is 20.5 Å². The first-order valence-corrected chi connectivity index (χ1v) is 6.96. The van der Waals surface area contributed by atoms with Crippen molar-refractivity contribution in [3.63, 3.8) is 0 Å². The standard InChI is InChI=1S/C15H19N3O2/c1-2-11(3-5-16)18-15-12-8-14-13(19-9-20-14)7-10(12)4-6-17-15/h4,6-8,11H,2-3,5,9,16H2,1H3,(H,17,18). The number of nitrogens with two attached hydrogens (primary N) is 1. The zero-order chi connectivity index (χ0) is 13.9. The monoisotopic (exact) mass is 273 g/mol. The Morgan fingerprint density at radius 1 is 1.35 bits per heavy atom. The zero-order valence-electron chi connectivity index (χ0n) is 11.6. The number of ether oxygens (including phenoxy) is 2. The molecule has 2 aromatic rings. The molecule has 0 fully saturated rings. The van der Waals surface area contributed by atoms with Crippen molar-refractivity contribution in [2.24, 2.45) is 5.73 Å². The Bertz CT molecular complexity index is 615. The Labute approximate surface area is 118 Å². The number of fused-ring (bicyclic) bond motifs is 2. The lowest BCUT2D eigenvalue weighted by Gasteiger charge is -2.18. The molecular weight excluding hydrogens is 254 g/mol. The van der Waals surface area contributed by atoms with Crippen LogP contribution in [-0.4, -0.2) is 24.4 Å². The zero-order valence-corrected chi connectivity index (χ0v) is 11.6. The lowest BCUT2D eigenvalue weighted by atomic mass is 10.1. The molecule has 1 atom stereocenters. The molecule has 1 aliphatic rings. The van der Waals surface area contributed by atoms with Gasteiger partial charge in [0, 0.05) is 17.6 Å². The minimum atomic E-state index is 0.284. The van der Waals surface area contributed by atoms with E-state index in [-0.39, 0.29) is 6.79 Å². The van der Waals surface area contributed by atoms with Gasteiger partial charge in [-0.1, -0.05) is 6.92 Å². The minimum Gasteiger partial charge on any atom is -0.454 e. The third kappa shape index (κ3) is 2.36. The number of nitrogens with zero attached hydrogens (tertiary/aromatic N) is 1. The molecule has 20 heavy (non-hydrogen) atoms. The van der Waals surface area contributed by atoms with E-state index < -0.39 is 0 Å². The number of benzene rings is 1. The predicted octanol–water partition coefficient (Wildman–Crippen LogP) is 2.50. The van der Waals surface area contributed by atoms with E-state index in [0.29, 0.717) is 12.6 Å². The first-order chi connectivity index (χ1) is 9.81. The number of nitrogens with one attached hydrogen (secondary N) is 1. The lowest BCUT2D eigenvalue weighted by Crippen LogP contribution is -2.22. The van der Waals surface area contributed by atoms with Crippen molar-refractivity contribution in [3.05, 3.63) is 24.4 Å². The van der Waals surface area contributed by atoms with Crippen molar-refractivity contribution in [1.29, 1.82) is 0 Å². The van der Waals surface area contributed by atoms with Crippen LogP contribution in [0.1, 0.15) is 19.8 Å². The van der Waals surface area contributed by atoms with E-state index in [2.05, 4.69) is 17.2 Å². The average Bonchev–Trinajstić information content (AvgIpc) is 2.92. The average molecular weight is 273 g/mol. The summed E-state index contributed by atoms with van der Waals surface area (Å²) in [4.78, 5) is 4.45. The summed E-state index contributed by atoms with van der Waals surface area (Å²) in [6, 6.07) is 6.30. The summed E-state index contributed by atoms with van der Waals surface area (Å²) in [5, 5.41) is 5.62. The van der Waals surface area contributed by atoms with E-state index in [9.17, 15) is 0 Å². The van der Waals surface area contributed by atoms with Gasteiger partial charge in [-0.05, 0) is 43.0 Å². The fraction of sp³-hybridized carbons (Fsp3) is 0.400. The van der Waals surface area contributed by atoms with E-state index in [0.717, 1.165) is 40.9 Å². The summed E-state index contributed by atoms with van der Waals surface area (Å²) < 4.78 is 10.9. The Hall–Kier alpha value is -2.01. The van der Waals surface area contributed by atoms with E-state index in [4.69, 9.17) is 15.2 Å². The minimum absolute atomic E-state index is 0.284. The van der Waals surface area contributed by atoms with Crippen LogP contribution in [-0.2, 0) is 0 Å². The van der Waals surface area contributed by atoms with Crippen molar-refractivity contribution >= 4 is 16.6 Å². The van der Waals surface area contributed by atoms with Crippen molar-refractivity contribution in [2.45, 2.75) is 25.8 Å². The molecule has 1 aromatic carbocycles. The molecule has 5 heteroatoms.